The van der Waals surface area contributed by atoms with Crippen molar-refractivity contribution in [1.82, 2.24) is 9.88 Å². The summed E-state index contributed by atoms with van der Waals surface area (Å²) in [7, 11) is 0. The van der Waals surface area contributed by atoms with E-state index in [2.05, 4.69) is 29.2 Å². The van der Waals surface area contributed by atoms with Crippen molar-refractivity contribution in [3.63, 3.8) is 0 Å². The van der Waals surface area contributed by atoms with Crippen LogP contribution in [-0.2, 0) is 0 Å². The molecule has 96 valence electrons. The van der Waals surface area contributed by atoms with Crippen LogP contribution in [0, 0.1) is 0 Å². The number of carbonyl (C=O) groups excluding carboxylic acids is 1. The van der Waals surface area contributed by atoms with E-state index >= 15 is 0 Å². The van der Waals surface area contributed by atoms with Crippen molar-refractivity contribution in [2.24, 2.45) is 0 Å². The lowest BCUT2D eigenvalue weighted by Crippen LogP contribution is -2.28. The van der Waals surface area contributed by atoms with Gasteiger partial charge >= 0.3 is 0 Å². The zero-order chi connectivity index (χ0) is 13.1. The van der Waals surface area contributed by atoms with E-state index in [1.54, 1.807) is 18.5 Å². The molecule has 1 saturated heterocycles. The number of nitrogens with zero attached hydrogens (tertiary/aromatic N) is 2. The molecule has 0 aliphatic carbocycles. The number of amides is 1. The summed E-state index contributed by atoms with van der Waals surface area (Å²) >= 11 is 0. The Bertz CT molecular complexity index is 553. The lowest BCUT2D eigenvalue weighted by molar-refractivity contribution is 0.0790. The molecule has 19 heavy (non-hydrogen) atoms. The van der Waals surface area contributed by atoms with Gasteiger partial charge in [-0.15, -0.1) is 0 Å². The van der Waals surface area contributed by atoms with Crippen molar-refractivity contribution < 1.29 is 4.79 Å². The van der Waals surface area contributed by atoms with Crippen LogP contribution in [-0.4, -0.2) is 28.9 Å². The van der Waals surface area contributed by atoms with E-state index in [1.807, 2.05) is 17.0 Å². The average Bonchev–Trinajstić information content (AvgIpc) is 2.98. The first kappa shape index (κ1) is 11.9. The molecule has 1 aromatic carbocycles. The van der Waals surface area contributed by atoms with Crippen LogP contribution in [0.3, 0.4) is 0 Å². The smallest absolute Gasteiger partial charge is 0.255 e. The third-order valence-corrected chi connectivity index (χ3v) is 3.65. The molecular formula is C16H16N2O. The minimum Gasteiger partial charge on any atom is -0.338 e. The second-order valence-corrected chi connectivity index (χ2v) is 4.89. The zero-order valence-corrected chi connectivity index (χ0v) is 10.7. The Kier molecular flexibility index (Phi) is 3.27. The Hall–Kier alpha value is -2.16. The molecule has 1 aliphatic heterocycles. The normalized spacial score (nSPS) is 18.5. The van der Waals surface area contributed by atoms with E-state index in [9.17, 15) is 4.79 Å². The molecule has 1 aromatic heterocycles. The molecule has 2 heterocycles. The fourth-order valence-corrected chi connectivity index (χ4v) is 2.61. The number of benzene rings is 1. The predicted molar refractivity (Wildman–Crippen MR) is 73.9 cm³/mol. The molecule has 0 bridgehead atoms. The lowest BCUT2D eigenvalue weighted by Gasteiger charge is -2.16. The Morgan fingerprint density at radius 2 is 2.00 bits per heavy atom. The molecule has 1 amide bonds. The SMILES string of the molecule is O=C(c1cccnc1)N1CCC(c2ccccc2)C1. The maximum absolute atomic E-state index is 12.3. The minimum absolute atomic E-state index is 0.0894. The highest BCUT2D eigenvalue weighted by molar-refractivity contribution is 5.94. The lowest BCUT2D eigenvalue weighted by atomic mass is 9.99. The molecular weight excluding hydrogens is 236 g/mol. The van der Waals surface area contributed by atoms with E-state index < -0.39 is 0 Å². The summed E-state index contributed by atoms with van der Waals surface area (Å²) in [5.41, 5.74) is 2.00. The Morgan fingerprint density at radius 3 is 2.74 bits per heavy atom. The van der Waals surface area contributed by atoms with Crippen molar-refractivity contribution in [2.45, 2.75) is 12.3 Å². The minimum atomic E-state index is 0.0894. The van der Waals surface area contributed by atoms with Crippen LogP contribution in [0.2, 0.25) is 0 Å². The number of carbonyl (C=O) groups is 1. The van der Waals surface area contributed by atoms with Gasteiger partial charge in [0.2, 0.25) is 0 Å². The molecule has 1 atom stereocenters. The van der Waals surface area contributed by atoms with Crippen LogP contribution in [0.1, 0.15) is 28.3 Å². The Labute approximate surface area is 112 Å². The van der Waals surface area contributed by atoms with Gasteiger partial charge in [0.15, 0.2) is 0 Å². The molecule has 2 aromatic rings. The first-order valence-corrected chi connectivity index (χ1v) is 6.59. The molecule has 3 heteroatoms. The molecule has 0 saturated carbocycles. The van der Waals surface area contributed by atoms with Crippen molar-refractivity contribution in [3.8, 4) is 0 Å². The summed E-state index contributed by atoms with van der Waals surface area (Å²) in [6, 6.07) is 14.0. The molecule has 1 unspecified atom stereocenters. The molecule has 1 fully saturated rings. The van der Waals surface area contributed by atoms with Gasteiger partial charge in [-0.3, -0.25) is 9.78 Å². The summed E-state index contributed by atoms with van der Waals surface area (Å²) in [6.45, 7) is 1.63. The second kappa shape index (κ2) is 5.22. The van der Waals surface area contributed by atoms with Crippen molar-refractivity contribution in [3.05, 3.63) is 66.0 Å². The maximum atomic E-state index is 12.3. The van der Waals surface area contributed by atoms with Gasteiger partial charge in [0.25, 0.3) is 5.91 Å². The third kappa shape index (κ3) is 2.50. The van der Waals surface area contributed by atoms with E-state index in [0.29, 0.717) is 11.5 Å². The highest BCUT2D eigenvalue weighted by Gasteiger charge is 2.27. The fourth-order valence-electron chi connectivity index (χ4n) is 2.61. The number of pyridine rings is 1. The van der Waals surface area contributed by atoms with Gasteiger partial charge in [0.05, 0.1) is 5.56 Å². The molecule has 0 spiro atoms. The summed E-state index contributed by atoms with van der Waals surface area (Å²) in [4.78, 5) is 18.2. The van der Waals surface area contributed by atoms with Crippen LogP contribution in [0.5, 0.6) is 0 Å². The van der Waals surface area contributed by atoms with Crippen LogP contribution in [0.4, 0.5) is 0 Å². The largest absolute Gasteiger partial charge is 0.338 e. The summed E-state index contributed by atoms with van der Waals surface area (Å²) in [5.74, 6) is 0.549. The summed E-state index contributed by atoms with van der Waals surface area (Å²) in [5, 5.41) is 0. The quantitative estimate of drug-likeness (QED) is 0.823. The highest BCUT2D eigenvalue weighted by atomic mass is 16.2. The molecule has 0 N–H and O–H groups in total. The molecule has 3 rings (SSSR count). The zero-order valence-electron chi connectivity index (χ0n) is 10.7. The van der Waals surface area contributed by atoms with Crippen LogP contribution in [0.15, 0.2) is 54.9 Å². The topological polar surface area (TPSA) is 33.2 Å². The van der Waals surface area contributed by atoms with Gasteiger partial charge in [-0.2, -0.15) is 0 Å². The van der Waals surface area contributed by atoms with E-state index in [0.717, 1.165) is 19.5 Å². The second-order valence-electron chi connectivity index (χ2n) is 4.89. The Balaban J connectivity index is 1.71. The monoisotopic (exact) mass is 252 g/mol. The first-order valence-electron chi connectivity index (χ1n) is 6.59. The van der Waals surface area contributed by atoms with Crippen LogP contribution >= 0.6 is 0 Å². The van der Waals surface area contributed by atoms with Gasteiger partial charge in [0.1, 0.15) is 0 Å². The van der Waals surface area contributed by atoms with Crippen molar-refractivity contribution in [2.75, 3.05) is 13.1 Å². The highest BCUT2D eigenvalue weighted by Crippen LogP contribution is 2.27. The average molecular weight is 252 g/mol. The number of aromatic nitrogens is 1. The van der Waals surface area contributed by atoms with E-state index in [4.69, 9.17) is 0 Å². The number of hydrogen-bond donors (Lipinski definition) is 0. The van der Waals surface area contributed by atoms with Gasteiger partial charge < -0.3 is 4.90 Å². The van der Waals surface area contributed by atoms with Crippen molar-refractivity contribution in [1.29, 1.82) is 0 Å². The van der Waals surface area contributed by atoms with Gasteiger partial charge in [-0.1, -0.05) is 30.3 Å². The van der Waals surface area contributed by atoms with Crippen molar-refractivity contribution >= 4 is 5.91 Å². The van der Waals surface area contributed by atoms with E-state index in [1.165, 1.54) is 5.56 Å². The predicted octanol–water partition coefficient (Wildman–Crippen LogP) is 2.71. The first-order chi connectivity index (χ1) is 9.34. The van der Waals surface area contributed by atoms with Gasteiger partial charge in [-0.25, -0.2) is 0 Å². The van der Waals surface area contributed by atoms with Gasteiger partial charge in [-0.05, 0) is 24.1 Å². The molecule has 1 aliphatic rings. The molecule has 0 radical (unpaired) electrons. The maximum Gasteiger partial charge on any atom is 0.255 e. The standard InChI is InChI=1S/C16H16N2O/c19-16(14-7-4-9-17-11-14)18-10-8-15(12-18)13-5-2-1-3-6-13/h1-7,9,11,15H,8,10,12H2. The van der Waals surface area contributed by atoms with Gasteiger partial charge in [0, 0.05) is 31.4 Å². The third-order valence-electron chi connectivity index (χ3n) is 3.65. The Morgan fingerprint density at radius 1 is 1.16 bits per heavy atom. The molecule has 3 nitrogen and oxygen atoms in total. The summed E-state index contributed by atoms with van der Waals surface area (Å²) in [6.07, 6.45) is 4.36. The number of hydrogen-bond acceptors (Lipinski definition) is 2. The van der Waals surface area contributed by atoms with E-state index in [-0.39, 0.29) is 5.91 Å². The summed E-state index contributed by atoms with van der Waals surface area (Å²) < 4.78 is 0. The number of likely N-dealkylation sites (tertiary alicyclic amines) is 1. The van der Waals surface area contributed by atoms with Crippen LogP contribution in [0.25, 0.3) is 0 Å². The van der Waals surface area contributed by atoms with Crippen LogP contribution < -0.4 is 0 Å². The fraction of sp³-hybridized carbons (Fsp3) is 0.250. The number of rotatable bonds is 2.